The normalized spacial score (nSPS) is 23.0. The van der Waals surface area contributed by atoms with Crippen molar-refractivity contribution in [2.45, 2.75) is 0 Å². The molecule has 0 spiro atoms. The summed E-state index contributed by atoms with van der Waals surface area (Å²) in [6.45, 7) is 0.468. The van der Waals surface area contributed by atoms with Gasteiger partial charge in [0.25, 0.3) is 0 Å². The van der Waals surface area contributed by atoms with E-state index in [9.17, 15) is 4.79 Å². The fourth-order valence-electron chi connectivity index (χ4n) is 0.673. The Kier molecular flexibility index (Phi) is 1.30. The van der Waals surface area contributed by atoms with Crippen molar-refractivity contribution >= 4 is 6.03 Å². The van der Waals surface area contributed by atoms with Gasteiger partial charge in [0.1, 0.15) is 6.26 Å². The number of amides is 2. The summed E-state index contributed by atoms with van der Waals surface area (Å²) in [4.78, 5) is 12.1. The lowest BCUT2D eigenvalue weighted by molar-refractivity contribution is 0.226. The van der Waals surface area contributed by atoms with Gasteiger partial charge in [-0.1, -0.05) is 0 Å². The van der Waals surface area contributed by atoms with Gasteiger partial charge in [-0.05, 0) is 0 Å². The van der Waals surface area contributed by atoms with E-state index in [-0.39, 0.29) is 6.03 Å². The molecular formula is C5H8N2O2. The molecule has 1 aliphatic heterocycles. The van der Waals surface area contributed by atoms with Gasteiger partial charge in [-0.2, -0.15) is 0 Å². The molecule has 1 heterocycles. The highest BCUT2D eigenvalue weighted by molar-refractivity contribution is 5.79. The summed E-state index contributed by atoms with van der Waals surface area (Å²) in [7, 11) is 1.66. The minimum absolute atomic E-state index is 0.171. The monoisotopic (exact) mass is 128 g/mol. The number of hydrogen-bond donors (Lipinski definition) is 2. The smallest absolute Gasteiger partial charge is 0.321 e. The average molecular weight is 128 g/mol. The average Bonchev–Trinajstić information content (AvgIpc) is 2.13. The molecule has 1 aliphatic rings. The number of aliphatic hydroxyl groups excluding tert-OH is 1. The molecule has 50 valence electrons. The van der Waals surface area contributed by atoms with E-state index in [1.807, 2.05) is 0 Å². The highest BCUT2D eigenvalue weighted by Crippen LogP contribution is 2.01. The van der Waals surface area contributed by atoms with Crippen LogP contribution in [-0.2, 0) is 0 Å². The Bertz CT molecular complexity index is 164. The zero-order valence-corrected chi connectivity index (χ0v) is 5.09. The summed E-state index contributed by atoms with van der Waals surface area (Å²) >= 11 is 0. The van der Waals surface area contributed by atoms with E-state index in [4.69, 9.17) is 5.11 Å². The Morgan fingerprint density at radius 2 is 2.56 bits per heavy atom. The maximum atomic E-state index is 10.6. The van der Waals surface area contributed by atoms with E-state index in [2.05, 4.69) is 5.32 Å². The van der Waals surface area contributed by atoms with E-state index in [0.717, 1.165) is 6.26 Å². The topological polar surface area (TPSA) is 52.6 Å². The fraction of sp³-hybridized carbons (Fsp3) is 0.400. The van der Waals surface area contributed by atoms with Crippen LogP contribution in [0.25, 0.3) is 0 Å². The van der Waals surface area contributed by atoms with Gasteiger partial charge < -0.3 is 15.3 Å². The van der Waals surface area contributed by atoms with Crippen molar-refractivity contribution in [3.63, 3.8) is 0 Å². The summed E-state index contributed by atoms with van der Waals surface area (Å²) < 4.78 is 0. The van der Waals surface area contributed by atoms with Gasteiger partial charge in [0.15, 0.2) is 0 Å². The molecule has 0 aromatic heterocycles. The van der Waals surface area contributed by atoms with Crippen LogP contribution < -0.4 is 5.32 Å². The van der Waals surface area contributed by atoms with Gasteiger partial charge in [-0.3, -0.25) is 0 Å². The van der Waals surface area contributed by atoms with Crippen LogP contribution in [0.1, 0.15) is 0 Å². The van der Waals surface area contributed by atoms with Gasteiger partial charge in [0.2, 0.25) is 0 Å². The number of aliphatic hydroxyl groups is 1. The molecule has 0 aliphatic carbocycles. The number of nitrogens with zero attached hydrogens (tertiary/aromatic N) is 1. The summed E-state index contributed by atoms with van der Waals surface area (Å²) in [6.07, 6.45) is 0.904. The standard InChI is InChI=1S/C5H8N2O2/c1-7-2-4(3-8)6-5(7)9/h3,8H,2H2,1H3,(H,6,9)/b4-3+. The highest BCUT2D eigenvalue weighted by Gasteiger charge is 2.19. The Morgan fingerprint density at radius 3 is 2.78 bits per heavy atom. The summed E-state index contributed by atoms with van der Waals surface area (Å²) in [5, 5.41) is 10.8. The van der Waals surface area contributed by atoms with Crippen LogP contribution >= 0.6 is 0 Å². The number of rotatable bonds is 0. The molecule has 0 atom stereocenters. The lowest BCUT2D eigenvalue weighted by atomic mass is 10.5. The van der Waals surface area contributed by atoms with Gasteiger partial charge in [-0.25, -0.2) is 4.79 Å². The minimum atomic E-state index is -0.171. The van der Waals surface area contributed by atoms with E-state index in [1.54, 1.807) is 7.05 Å². The van der Waals surface area contributed by atoms with Crippen molar-refractivity contribution in [1.82, 2.24) is 10.2 Å². The van der Waals surface area contributed by atoms with Crippen LogP contribution in [0.4, 0.5) is 4.79 Å². The maximum absolute atomic E-state index is 10.6. The number of urea groups is 1. The Balaban J connectivity index is 2.65. The molecule has 0 bridgehead atoms. The molecule has 0 aromatic carbocycles. The second-order valence-corrected chi connectivity index (χ2v) is 1.94. The second kappa shape index (κ2) is 1.97. The lowest BCUT2D eigenvalue weighted by Crippen LogP contribution is -2.23. The molecule has 4 heteroatoms. The lowest BCUT2D eigenvalue weighted by Gasteiger charge is -2.00. The van der Waals surface area contributed by atoms with Crippen molar-refractivity contribution in [2.75, 3.05) is 13.6 Å². The van der Waals surface area contributed by atoms with Crippen LogP contribution in [-0.4, -0.2) is 29.6 Å². The Morgan fingerprint density at radius 1 is 1.89 bits per heavy atom. The molecular weight excluding hydrogens is 120 g/mol. The number of hydrogen-bond acceptors (Lipinski definition) is 2. The number of carbonyl (C=O) groups is 1. The third kappa shape index (κ3) is 0.960. The third-order valence-electron chi connectivity index (χ3n) is 1.18. The molecule has 1 saturated heterocycles. The Labute approximate surface area is 52.8 Å². The molecule has 2 amide bonds. The van der Waals surface area contributed by atoms with Gasteiger partial charge in [0.05, 0.1) is 12.2 Å². The van der Waals surface area contributed by atoms with Crippen molar-refractivity contribution in [1.29, 1.82) is 0 Å². The van der Waals surface area contributed by atoms with Gasteiger partial charge in [0, 0.05) is 7.05 Å². The van der Waals surface area contributed by atoms with E-state index < -0.39 is 0 Å². The van der Waals surface area contributed by atoms with Crippen LogP contribution in [0.5, 0.6) is 0 Å². The Hall–Kier alpha value is -1.19. The van der Waals surface area contributed by atoms with Crippen LogP contribution in [0.3, 0.4) is 0 Å². The van der Waals surface area contributed by atoms with Crippen molar-refractivity contribution in [3.8, 4) is 0 Å². The van der Waals surface area contributed by atoms with Crippen LogP contribution in [0, 0.1) is 0 Å². The van der Waals surface area contributed by atoms with E-state index in [0.29, 0.717) is 12.2 Å². The molecule has 0 radical (unpaired) electrons. The maximum Gasteiger partial charge on any atom is 0.321 e. The predicted octanol–water partition coefficient (Wildman–Crippen LogP) is 0.0408. The van der Waals surface area contributed by atoms with Crippen molar-refractivity contribution in [3.05, 3.63) is 12.0 Å². The highest BCUT2D eigenvalue weighted by atomic mass is 16.2. The zero-order chi connectivity index (χ0) is 6.85. The molecule has 9 heavy (non-hydrogen) atoms. The van der Waals surface area contributed by atoms with Crippen molar-refractivity contribution in [2.24, 2.45) is 0 Å². The van der Waals surface area contributed by atoms with E-state index in [1.165, 1.54) is 4.90 Å². The zero-order valence-electron chi connectivity index (χ0n) is 5.09. The fourth-order valence-corrected chi connectivity index (χ4v) is 0.673. The SMILES string of the molecule is CN1C/C(=C\O)NC1=O. The van der Waals surface area contributed by atoms with Crippen molar-refractivity contribution < 1.29 is 9.90 Å². The second-order valence-electron chi connectivity index (χ2n) is 1.94. The number of nitrogens with one attached hydrogen (secondary N) is 1. The molecule has 1 fully saturated rings. The first kappa shape index (κ1) is 5.94. The first-order valence-electron chi connectivity index (χ1n) is 2.59. The van der Waals surface area contributed by atoms with Gasteiger partial charge in [-0.15, -0.1) is 0 Å². The molecule has 4 nitrogen and oxygen atoms in total. The molecule has 2 N–H and O–H groups in total. The first-order chi connectivity index (χ1) is 4.24. The quantitative estimate of drug-likeness (QED) is 0.452. The van der Waals surface area contributed by atoms with Crippen LogP contribution in [0.15, 0.2) is 12.0 Å². The number of carbonyl (C=O) groups excluding carboxylic acids is 1. The largest absolute Gasteiger partial charge is 0.514 e. The third-order valence-corrected chi connectivity index (χ3v) is 1.18. The first-order valence-corrected chi connectivity index (χ1v) is 2.59. The van der Waals surface area contributed by atoms with Gasteiger partial charge >= 0.3 is 6.03 Å². The minimum Gasteiger partial charge on any atom is -0.514 e. The summed E-state index contributed by atoms with van der Waals surface area (Å²) in [5.41, 5.74) is 0.544. The molecule has 0 saturated carbocycles. The van der Waals surface area contributed by atoms with Crippen LogP contribution in [0.2, 0.25) is 0 Å². The predicted molar refractivity (Wildman–Crippen MR) is 31.9 cm³/mol. The molecule has 0 unspecified atom stereocenters. The molecule has 1 rings (SSSR count). The summed E-state index contributed by atoms with van der Waals surface area (Å²) in [6, 6.07) is -0.171. The number of likely N-dealkylation sites (N-methyl/N-ethyl adjacent to an activating group) is 1. The summed E-state index contributed by atoms with van der Waals surface area (Å²) in [5.74, 6) is 0. The van der Waals surface area contributed by atoms with E-state index >= 15 is 0 Å². The molecule has 0 aromatic rings.